The summed E-state index contributed by atoms with van der Waals surface area (Å²) in [6, 6.07) is 5.16. The third-order valence-corrected chi connectivity index (χ3v) is 3.71. The first-order valence-electron chi connectivity index (χ1n) is 5.69. The Bertz CT molecular complexity index is 659. The number of alkyl halides is 3. The fourth-order valence-corrected chi connectivity index (χ4v) is 1.98. The normalized spacial score (nSPS) is 11.6. The van der Waals surface area contributed by atoms with Crippen LogP contribution in [0.15, 0.2) is 34.8 Å². The lowest BCUT2D eigenvalue weighted by Gasteiger charge is -2.13. The van der Waals surface area contributed by atoms with Crippen LogP contribution >= 0.6 is 15.9 Å². The van der Waals surface area contributed by atoms with Gasteiger partial charge in [0.1, 0.15) is 5.75 Å². The minimum atomic E-state index is -4.83. The van der Waals surface area contributed by atoms with Crippen LogP contribution in [0.25, 0.3) is 0 Å². The van der Waals surface area contributed by atoms with Gasteiger partial charge >= 0.3 is 6.18 Å². The van der Waals surface area contributed by atoms with E-state index in [1.165, 1.54) is 6.07 Å². The van der Waals surface area contributed by atoms with Gasteiger partial charge in [-0.15, -0.1) is 0 Å². The molecule has 112 valence electrons. The maximum absolute atomic E-state index is 13.7. The summed E-state index contributed by atoms with van der Waals surface area (Å²) in [7, 11) is 0. The second kappa shape index (κ2) is 5.63. The van der Waals surface area contributed by atoms with E-state index in [1.807, 2.05) is 0 Å². The summed E-state index contributed by atoms with van der Waals surface area (Å²) in [5.74, 6) is -3.62. The van der Waals surface area contributed by atoms with Crippen LogP contribution in [0.2, 0.25) is 0 Å². The molecule has 0 heterocycles. The highest BCUT2D eigenvalue weighted by Gasteiger charge is 2.33. The fraction of sp³-hybridized carbons (Fsp3) is 0.143. The van der Waals surface area contributed by atoms with Crippen molar-refractivity contribution in [2.45, 2.75) is 13.1 Å². The average molecular weight is 367 g/mol. The van der Waals surface area contributed by atoms with Crippen LogP contribution in [0.3, 0.4) is 0 Å². The molecule has 0 N–H and O–H groups in total. The zero-order valence-electron chi connectivity index (χ0n) is 10.6. The second-order valence-corrected chi connectivity index (χ2v) is 5.05. The topological polar surface area (TPSA) is 9.23 Å². The molecular formula is C14H8BrF5O. The Balaban J connectivity index is 2.44. The highest BCUT2D eigenvalue weighted by Crippen LogP contribution is 2.37. The molecule has 0 bridgehead atoms. The van der Waals surface area contributed by atoms with Gasteiger partial charge < -0.3 is 4.74 Å². The van der Waals surface area contributed by atoms with E-state index in [9.17, 15) is 22.0 Å². The largest absolute Gasteiger partial charge is 0.450 e. The summed E-state index contributed by atoms with van der Waals surface area (Å²) in [6.45, 7) is 1.73. The summed E-state index contributed by atoms with van der Waals surface area (Å²) >= 11 is 3.18. The number of halogens is 6. The van der Waals surface area contributed by atoms with Crippen molar-refractivity contribution in [1.29, 1.82) is 0 Å². The lowest BCUT2D eigenvalue weighted by atomic mass is 10.2. The summed E-state index contributed by atoms with van der Waals surface area (Å²) in [4.78, 5) is 0. The molecule has 0 saturated heterocycles. The van der Waals surface area contributed by atoms with Gasteiger partial charge in [0, 0.05) is 0 Å². The Morgan fingerprint density at radius 2 is 1.62 bits per heavy atom. The van der Waals surface area contributed by atoms with Gasteiger partial charge in [0.15, 0.2) is 17.4 Å². The highest BCUT2D eigenvalue weighted by molar-refractivity contribution is 9.10. The number of benzene rings is 2. The molecule has 1 nitrogen and oxygen atoms in total. The molecular weight excluding hydrogens is 359 g/mol. The van der Waals surface area contributed by atoms with E-state index in [0.29, 0.717) is 4.47 Å². The number of hydrogen-bond acceptors (Lipinski definition) is 1. The lowest BCUT2D eigenvalue weighted by Crippen LogP contribution is -2.07. The number of hydrogen-bond donors (Lipinski definition) is 0. The van der Waals surface area contributed by atoms with Gasteiger partial charge in [0.05, 0.1) is 10.0 Å². The van der Waals surface area contributed by atoms with Crippen molar-refractivity contribution in [1.82, 2.24) is 0 Å². The zero-order chi connectivity index (χ0) is 15.8. The van der Waals surface area contributed by atoms with E-state index in [4.69, 9.17) is 4.74 Å². The van der Waals surface area contributed by atoms with E-state index < -0.39 is 29.1 Å². The van der Waals surface area contributed by atoms with Gasteiger partial charge in [-0.25, -0.2) is 8.78 Å². The lowest BCUT2D eigenvalue weighted by molar-refractivity contribution is -0.138. The smallest absolute Gasteiger partial charge is 0.416 e. The SMILES string of the molecule is Cc1cccc(Oc2c(F)cc(C(F)(F)F)cc2F)c1Br. The van der Waals surface area contributed by atoms with Crippen LogP contribution in [-0.2, 0) is 6.18 Å². The van der Waals surface area contributed by atoms with Crippen molar-refractivity contribution in [2.75, 3.05) is 0 Å². The van der Waals surface area contributed by atoms with Gasteiger partial charge in [0.2, 0.25) is 0 Å². The first kappa shape index (κ1) is 15.8. The molecule has 0 radical (unpaired) electrons. The van der Waals surface area contributed by atoms with Gasteiger partial charge in [-0.05, 0) is 46.6 Å². The molecule has 0 fully saturated rings. The van der Waals surface area contributed by atoms with Crippen LogP contribution < -0.4 is 4.74 Å². The predicted octanol–water partition coefficient (Wildman–Crippen LogP) is 5.85. The first-order valence-corrected chi connectivity index (χ1v) is 6.48. The van der Waals surface area contributed by atoms with E-state index in [2.05, 4.69) is 15.9 Å². The Morgan fingerprint density at radius 3 is 2.14 bits per heavy atom. The maximum Gasteiger partial charge on any atom is 0.416 e. The third-order valence-electron chi connectivity index (χ3n) is 2.69. The minimum absolute atomic E-state index is 0.104. The van der Waals surface area contributed by atoms with E-state index in [1.54, 1.807) is 19.1 Å². The van der Waals surface area contributed by atoms with Crippen LogP contribution in [0, 0.1) is 18.6 Å². The summed E-state index contributed by atoms with van der Waals surface area (Å²) in [5, 5.41) is 0. The molecule has 0 atom stereocenters. The molecule has 2 aromatic rings. The molecule has 0 aliphatic heterocycles. The van der Waals surface area contributed by atoms with Crippen LogP contribution in [0.1, 0.15) is 11.1 Å². The monoisotopic (exact) mass is 366 g/mol. The van der Waals surface area contributed by atoms with E-state index in [-0.39, 0.29) is 17.9 Å². The minimum Gasteiger partial charge on any atom is -0.450 e. The number of rotatable bonds is 2. The van der Waals surface area contributed by atoms with Crippen molar-refractivity contribution in [3.8, 4) is 11.5 Å². The zero-order valence-corrected chi connectivity index (χ0v) is 12.1. The van der Waals surface area contributed by atoms with Crippen molar-refractivity contribution >= 4 is 15.9 Å². The van der Waals surface area contributed by atoms with E-state index >= 15 is 0 Å². The van der Waals surface area contributed by atoms with E-state index in [0.717, 1.165) is 5.56 Å². The summed E-state index contributed by atoms with van der Waals surface area (Å²) in [6.07, 6.45) is -4.83. The molecule has 2 rings (SSSR count). The van der Waals surface area contributed by atoms with Crippen molar-refractivity contribution in [3.05, 3.63) is 57.6 Å². The fourth-order valence-electron chi connectivity index (χ4n) is 1.63. The van der Waals surface area contributed by atoms with Crippen molar-refractivity contribution < 1.29 is 26.7 Å². The molecule has 0 unspecified atom stereocenters. The van der Waals surface area contributed by atoms with Crippen molar-refractivity contribution in [3.63, 3.8) is 0 Å². The summed E-state index contributed by atoms with van der Waals surface area (Å²) in [5.41, 5.74) is -0.659. The standard InChI is InChI=1S/C14H8BrF5O/c1-7-3-2-4-11(12(7)15)21-13-9(16)5-8(6-10(13)17)14(18,19)20/h2-6H,1H3. The molecule has 0 aliphatic rings. The van der Waals surface area contributed by atoms with Gasteiger partial charge in [-0.2, -0.15) is 13.2 Å². The van der Waals surface area contributed by atoms with Crippen LogP contribution in [-0.4, -0.2) is 0 Å². The maximum atomic E-state index is 13.7. The average Bonchev–Trinajstić information content (AvgIpc) is 2.37. The molecule has 21 heavy (non-hydrogen) atoms. The number of ether oxygens (including phenoxy) is 1. The molecule has 7 heteroatoms. The van der Waals surface area contributed by atoms with Crippen molar-refractivity contribution in [2.24, 2.45) is 0 Å². The molecule has 0 amide bonds. The summed E-state index contributed by atoms with van der Waals surface area (Å²) < 4.78 is 70.2. The molecule has 0 aromatic heterocycles. The van der Waals surface area contributed by atoms with Gasteiger partial charge in [-0.1, -0.05) is 12.1 Å². The third kappa shape index (κ3) is 3.34. The highest BCUT2D eigenvalue weighted by atomic mass is 79.9. The first-order chi connectivity index (χ1) is 9.70. The quantitative estimate of drug-likeness (QED) is 0.606. The Morgan fingerprint density at radius 1 is 1.05 bits per heavy atom. The Hall–Kier alpha value is -1.63. The molecule has 0 spiro atoms. The van der Waals surface area contributed by atoms with Crippen LogP contribution in [0.5, 0.6) is 11.5 Å². The van der Waals surface area contributed by atoms with Gasteiger partial charge in [-0.3, -0.25) is 0 Å². The Kier molecular flexibility index (Phi) is 4.22. The predicted molar refractivity (Wildman–Crippen MR) is 70.3 cm³/mol. The number of aryl methyl sites for hydroxylation is 1. The molecule has 0 aliphatic carbocycles. The molecule has 2 aromatic carbocycles. The molecule has 0 saturated carbocycles. The second-order valence-electron chi connectivity index (χ2n) is 4.26. The van der Waals surface area contributed by atoms with Gasteiger partial charge in [0.25, 0.3) is 0 Å². The Labute approximate surface area is 125 Å². The van der Waals surface area contributed by atoms with Crippen LogP contribution in [0.4, 0.5) is 22.0 Å².